The number of hydrazone groups is 1. The molecule has 0 spiro atoms. The molecule has 0 saturated carbocycles. The highest BCUT2D eigenvalue weighted by Crippen LogP contribution is 2.29. The molecule has 2 aromatic carbocycles. The van der Waals surface area contributed by atoms with Crippen LogP contribution in [-0.4, -0.2) is 6.21 Å². The van der Waals surface area contributed by atoms with Crippen LogP contribution in [0, 0.1) is 6.92 Å². The van der Waals surface area contributed by atoms with Gasteiger partial charge in [-0.2, -0.15) is 18.3 Å². The number of alkyl halides is 3. The van der Waals surface area contributed by atoms with Gasteiger partial charge in [-0.15, -0.1) is 0 Å². The lowest BCUT2D eigenvalue weighted by Gasteiger charge is -2.07. The Bertz CT molecular complexity index is 619. The second kappa shape index (κ2) is 5.77. The monoisotopic (exact) mass is 278 g/mol. The van der Waals surface area contributed by atoms with Gasteiger partial charge in [0.15, 0.2) is 0 Å². The number of benzene rings is 2. The van der Waals surface area contributed by atoms with Gasteiger partial charge in [0.25, 0.3) is 0 Å². The second-order valence-corrected chi connectivity index (χ2v) is 4.31. The van der Waals surface area contributed by atoms with Crippen LogP contribution in [0.2, 0.25) is 0 Å². The number of rotatable bonds is 3. The Kier molecular flexibility index (Phi) is 4.08. The standard InChI is InChI=1S/C15H13F3N2/c1-11-5-2-3-8-14(11)20-19-10-12-6-4-7-13(9-12)15(16,17)18/h2-10,20H,1H3/b19-10+. The zero-order chi connectivity index (χ0) is 14.6. The van der Waals surface area contributed by atoms with Gasteiger partial charge in [-0.05, 0) is 36.2 Å². The summed E-state index contributed by atoms with van der Waals surface area (Å²) in [5, 5.41) is 3.95. The van der Waals surface area contributed by atoms with Crippen LogP contribution < -0.4 is 5.43 Å². The first kappa shape index (κ1) is 14.1. The molecule has 2 aromatic rings. The minimum Gasteiger partial charge on any atom is -0.278 e. The van der Waals surface area contributed by atoms with Gasteiger partial charge in [-0.25, -0.2) is 0 Å². The fourth-order valence-electron chi connectivity index (χ4n) is 1.67. The molecule has 0 fully saturated rings. The third-order valence-electron chi connectivity index (χ3n) is 2.76. The van der Waals surface area contributed by atoms with Gasteiger partial charge in [0, 0.05) is 0 Å². The molecule has 0 aliphatic rings. The maximum Gasteiger partial charge on any atom is 0.416 e. The Morgan fingerprint density at radius 2 is 1.80 bits per heavy atom. The third kappa shape index (κ3) is 3.60. The summed E-state index contributed by atoms with van der Waals surface area (Å²) in [6.07, 6.45) is -2.98. The van der Waals surface area contributed by atoms with Crippen molar-refractivity contribution in [2.45, 2.75) is 13.1 Å². The summed E-state index contributed by atoms with van der Waals surface area (Å²) in [7, 11) is 0. The zero-order valence-electron chi connectivity index (χ0n) is 10.8. The van der Waals surface area contributed by atoms with Crippen molar-refractivity contribution < 1.29 is 13.2 Å². The molecule has 0 aliphatic carbocycles. The van der Waals surface area contributed by atoms with E-state index in [9.17, 15) is 13.2 Å². The van der Waals surface area contributed by atoms with Gasteiger partial charge >= 0.3 is 6.18 Å². The Morgan fingerprint density at radius 1 is 1.05 bits per heavy atom. The lowest BCUT2D eigenvalue weighted by molar-refractivity contribution is -0.137. The first-order valence-electron chi connectivity index (χ1n) is 5.99. The highest BCUT2D eigenvalue weighted by Gasteiger charge is 2.30. The average molecular weight is 278 g/mol. The Hall–Kier alpha value is -2.30. The van der Waals surface area contributed by atoms with Crippen LogP contribution in [0.3, 0.4) is 0 Å². The topological polar surface area (TPSA) is 24.4 Å². The number of hydrogen-bond acceptors (Lipinski definition) is 2. The second-order valence-electron chi connectivity index (χ2n) is 4.31. The van der Waals surface area contributed by atoms with E-state index in [4.69, 9.17) is 0 Å². The molecule has 0 aliphatic heterocycles. The van der Waals surface area contributed by atoms with Crippen LogP contribution in [0.4, 0.5) is 18.9 Å². The van der Waals surface area contributed by atoms with E-state index in [1.165, 1.54) is 12.3 Å². The van der Waals surface area contributed by atoms with Crippen molar-refractivity contribution in [3.05, 3.63) is 65.2 Å². The Balaban J connectivity index is 2.11. The van der Waals surface area contributed by atoms with Crippen LogP contribution >= 0.6 is 0 Å². The van der Waals surface area contributed by atoms with E-state index < -0.39 is 11.7 Å². The van der Waals surface area contributed by atoms with Crippen molar-refractivity contribution in [3.8, 4) is 0 Å². The lowest BCUT2D eigenvalue weighted by Crippen LogP contribution is -2.05. The number of hydrogen-bond donors (Lipinski definition) is 1. The molecule has 0 atom stereocenters. The first-order chi connectivity index (χ1) is 9.47. The molecule has 20 heavy (non-hydrogen) atoms. The number of nitrogens with zero attached hydrogens (tertiary/aromatic N) is 1. The van der Waals surface area contributed by atoms with Crippen molar-refractivity contribution >= 4 is 11.9 Å². The number of aryl methyl sites for hydroxylation is 1. The van der Waals surface area contributed by atoms with Crippen molar-refractivity contribution in [1.82, 2.24) is 0 Å². The smallest absolute Gasteiger partial charge is 0.278 e. The van der Waals surface area contributed by atoms with Gasteiger partial charge in [0.1, 0.15) is 0 Å². The molecule has 1 N–H and O–H groups in total. The largest absolute Gasteiger partial charge is 0.416 e. The van der Waals surface area contributed by atoms with Crippen molar-refractivity contribution in [1.29, 1.82) is 0 Å². The quantitative estimate of drug-likeness (QED) is 0.650. The SMILES string of the molecule is Cc1ccccc1N/N=C/c1cccc(C(F)(F)F)c1. The molecule has 0 saturated heterocycles. The minimum atomic E-state index is -4.34. The molecule has 0 heterocycles. The van der Waals surface area contributed by atoms with E-state index in [1.807, 2.05) is 31.2 Å². The molecule has 0 amide bonds. The van der Waals surface area contributed by atoms with E-state index in [1.54, 1.807) is 6.07 Å². The van der Waals surface area contributed by atoms with E-state index in [0.717, 1.165) is 23.4 Å². The summed E-state index contributed by atoms with van der Waals surface area (Å²) >= 11 is 0. The molecule has 104 valence electrons. The summed E-state index contributed by atoms with van der Waals surface area (Å²) < 4.78 is 37.6. The average Bonchev–Trinajstić information content (AvgIpc) is 2.40. The van der Waals surface area contributed by atoms with E-state index in [2.05, 4.69) is 10.5 Å². The maximum absolute atomic E-state index is 12.5. The fraction of sp³-hybridized carbons (Fsp3) is 0.133. The first-order valence-corrected chi connectivity index (χ1v) is 5.99. The molecular weight excluding hydrogens is 265 g/mol. The minimum absolute atomic E-state index is 0.390. The van der Waals surface area contributed by atoms with Crippen LogP contribution in [0.15, 0.2) is 53.6 Å². The number of anilines is 1. The summed E-state index contributed by atoms with van der Waals surface area (Å²) in [6.45, 7) is 1.92. The molecular formula is C15H13F3N2. The summed E-state index contributed by atoms with van der Waals surface area (Å²) in [5.41, 5.74) is 4.34. The third-order valence-corrected chi connectivity index (χ3v) is 2.76. The van der Waals surface area contributed by atoms with Crippen molar-refractivity contribution in [3.63, 3.8) is 0 Å². The van der Waals surface area contributed by atoms with Crippen LogP contribution in [-0.2, 0) is 6.18 Å². The molecule has 0 unspecified atom stereocenters. The van der Waals surface area contributed by atoms with Crippen LogP contribution in [0.25, 0.3) is 0 Å². The highest BCUT2D eigenvalue weighted by molar-refractivity contribution is 5.80. The molecule has 0 aromatic heterocycles. The summed E-state index contributed by atoms with van der Waals surface area (Å²) in [6, 6.07) is 12.5. The summed E-state index contributed by atoms with van der Waals surface area (Å²) in [4.78, 5) is 0. The normalized spacial score (nSPS) is 11.8. The fourth-order valence-corrected chi connectivity index (χ4v) is 1.67. The van der Waals surface area contributed by atoms with Crippen LogP contribution in [0.5, 0.6) is 0 Å². The number of halogens is 3. The van der Waals surface area contributed by atoms with E-state index in [-0.39, 0.29) is 0 Å². The zero-order valence-corrected chi connectivity index (χ0v) is 10.8. The Morgan fingerprint density at radius 3 is 2.50 bits per heavy atom. The van der Waals surface area contributed by atoms with Crippen molar-refractivity contribution in [2.75, 3.05) is 5.43 Å². The molecule has 5 heteroatoms. The molecule has 0 radical (unpaired) electrons. The van der Waals surface area contributed by atoms with Gasteiger partial charge in [-0.1, -0.05) is 30.3 Å². The predicted octanol–water partition coefficient (Wildman–Crippen LogP) is 4.46. The molecule has 0 bridgehead atoms. The number of nitrogens with one attached hydrogen (secondary N) is 1. The van der Waals surface area contributed by atoms with Gasteiger partial charge < -0.3 is 0 Å². The van der Waals surface area contributed by atoms with Gasteiger partial charge in [0.05, 0.1) is 17.5 Å². The maximum atomic E-state index is 12.5. The Labute approximate surface area is 114 Å². The summed E-state index contributed by atoms with van der Waals surface area (Å²) in [5.74, 6) is 0. The molecule has 2 rings (SSSR count). The van der Waals surface area contributed by atoms with Crippen LogP contribution in [0.1, 0.15) is 16.7 Å². The van der Waals surface area contributed by atoms with E-state index in [0.29, 0.717) is 5.56 Å². The van der Waals surface area contributed by atoms with Gasteiger partial charge in [-0.3, -0.25) is 5.43 Å². The van der Waals surface area contributed by atoms with Gasteiger partial charge in [0.2, 0.25) is 0 Å². The number of para-hydroxylation sites is 1. The van der Waals surface area contributed by atoms with Crippen molar-refractivity contribution in [2.24, 2.45) is 5.10 Å². The molecule has 2 nitrogen and oxygen atoms in total. The van der Waals surface area contributed by atoms with E-state index >= 15 is 0 Å². The highest BCUT2D eigenvalue weighted by atomic mass is 19.4. The lowest BCUT2D eigenvalue weighted by atomic mass is 10.1. The predicted molar refractivity (Wildman–Crippen MR) is 73.8 cm³/mol.